The van der Waals surface area contributed by atoms with Gasteiger partial charge in [-0.15, -0.1) is 24.0 Å². The van der Waals surface area contributed by atoms with Crippen molar-refractivity contribution in [1.29, 1.82) is 0 Å². The van der Waals surface area contributed by atoms with Crippen LogP contribution < -0.4 is 5.32 Å². The van der Waals surface area contributed by atoms with Crippen LogP contribution in [-0.4, -0.2) is 50.3 Å². The Morgan fingerprint density at radius 3 is 2.54 bits per heavy atom. The van der Waals surface area contributed by atoms with Gasteiger partial charge in [0.05, 0.1) is 13.2 Å². The molecule has 1 heterocycles. The van der Waals surface area contributed by atoms with Gasteiger partial charge in [0.1, 0.15) is 0 Å². The van der Waals surface area contributed by atoms with Crippen LogP contribution in [0.2, 0.25) is 0 Å². The fourth-order valence-electron chi connectivity index (χ4n) is 3.08. The maximum atomic E-state index is 5.38. The fraction of sp³-hybridized carbons (Fsp3) is 0.632. The second-order valence-electron chi connectivity index (χ2n) is 6.05. The predicted molar refractivity (Wildman–Crippen MR) is 112 cm³/mol. The van der Waals surface area contributed by atoms with Gasteiger partial charge in [-0.25, -0.2) is 0 Å². The summed E-state index contributed by atoms with van der Waals surface area (Å²) >= 11 is 0. The Labute approximate surface area is 164 Å². The first-order chi connectivity index (χ1) is 11.3. The Morgan fingerprint density at radius 2 is 1.92 bits per heavy atom. The second kappa shape index (κ2) is 12.5. The molecule has 0 radical (unpaired) electrons. The first kappa shape index (κ1) is 21.2. The molecule has 5 heteroatoms. The highest BCUT2D eigenvalue weighted by molar-refractivity contribution is 14.0. The maximum absolute atomic E-state index is 5.38. The van der Waals surface area contributed by atoms with Crippen LogP contribution in [0.15, 0.2) is 35.3 Å². The molecule has 1 aliphatic rings. The summed E-state index contributed by atoms with van der Waals surface area (Å²) in [6, 6.07) is 10.8. The lowest BCUT2D eigenvalue weighted by Crippen LogP contribution is -2.46. The van der Waals surface area contributed by atoms with Crippen molar-refractivity contribution >= 4 is 29.9 Å². The number of nitrogens with zero attached hydrogens (tertiary/aromatic N) is 2. The van der Waals surface area contributed by atoms with E-state index in [1.807, 2.05) is 6.92 Å². The van der Waals surface area contributed by atoms with Gasteiger partial charge in [0.25, 0.3) is 0 Å². The minimum atomic E-state index is 0. The van der Waals surface area contributed by atoms with Crippen LogP contribution in [-0.2, 0) is 11.2 Å². The summed E-state index contributed by atoms with van der Waals surface area (Å²) in [4.78, 5) is 7.09. The molecular weight excluding hydrogens is 413 g/mol. The molecular formula is C19H32IN3O. The number of ether oxygens (including phenoxy) is 1. The molecule has 2 rings (SSSR count). The van der Waals surface area contributed by atoms with E-state index in [9.17, 15) is 0 Å². The number of rotatable bonds is 7. The molecule has 0 aromatic heterocycles. The lowest BCUT2D eigenvalue weighted by molar-refractivity contribution is 0.155. The number of hydrogen-bond donors (Lipinski definition) is 1. The fourth-order valence-corrected chi connectivity index (χ4v) is 3.08. The van der Waals surface area contributed by atoms with E-state index >= 15 is 0 Å². The largest absolute Gasteiger partial charge is 0.380 e. The summed E-state index contributed by atoms with van der Waals surface area (Å²) in [6.45, 7) is 9.45. The molecule has 0 aliphatic carbocycles. The summed E-state index contributed by atoms with van der Waals surface area (Å²) in [7, 11) is 0. The number of nitrogens with one attached hydrogen (secondary N) is 1. The smallest absolute Gasteiger partial charge is 0.193 e. The quantitative estimate of drug-likeness (QED) is 0.302. The molecule has 0 atom stereocenters. The Kier molecular flexibility index (Phi) is 11.1. The first-order valence-corrected chi connectivity index (χ1v) is 8.98. The van der Waals surface area contributed by atoms with Crippen LogP contribution in [0.25, 0.3) is 0 Å². The SMILES string of the molecule is CCNC(=NCCOCC)N1CCC(Cc2ccccc2)CC1.I. The van der Waals surface area contributed by atoms with Crippen LogP contribution in [0.5, 0.6) is 0 Å². The van der Waals surface area contributed by atoms with Crippen LogP contribution in [0.1, 0.15) is 32.3 Å². The van der Waals surface area contributed by atoms with Gasteiger partial charge in [-0.2, -0.15) is 0 Å². The molecule has 0 amide bonds. The second-order valence-corrected chi connectivity index (χ2v) is 6.05. The molecule has 4 nitrogen and oxygen atoms in total. The molecule has 1 fully saturated rings. The van der Waals surface area contributed by atoms with Gasteiger partial charge >= 0.3 is 0 Å². The number of aliphatic imine (C=N–C) groups is 1. The number of piperidine rings is 1. The Bertz CT molecular complexity index is 459. The highest BCUT2D eigenvalue weighted by Crippen LogP contribution is 2.21. The average Bonchev–Trinajstić information content (AvgIpc) is 2.59. The van der Waals surface area contributed by atoms with Crippen LogP contribution >= 0.6 is 24.0 Å². The molecule has 1 aromatic carbocycles. The van der Waals surface area contributed by atoms with E-state index in [0.29, 0.717) is 6.61 Å². The van der Waals surface area contributed by atoms with E-state index < -0.39 is 0 Å². The van der Waals surface area contributed by atoms with Gasteiger partial charge in [-0.05, 0) is 44.6 Å². The van der Waals surface area contributed by atoms with E-state index in [1.165, 1.54) is 24.8 Å². The minimum absolute atomic E-state index is 0. The number of guanidine groups is 1. The van der Waals surface area contributed by atoms with Crippen LogP contribution in [0.3, 0.4) is 0 Å². The number of likely N-dealkylation sites (tertiary alicyclic amines) is 1. The molecule has 0 unspecified atom stereocenters. The van der Waals surface area contributed by atoms with Crippen molar-refractivity contribution in [3.63, 3.8) is 0 Å². The highest BCUT2D eigenvalue weighted by Gasteiger charge is 2.21. The third-order valence-corrected chi connectivity index (χ3v) is 4.32. The standard InChI is InChI=1S/C19H31N3O.HI/c1-3-20-19(21-12-15-23-4-2)22-13-10-18(11-14-22)16-17-8-6-5-7-9-17;/h5-9,18H,3-4,10-16H2,1-2H3,(H,20,21);1H. The van der Waals surface area contributed by atoms with E-state index in [-0.39, 0.29) is 24.0 Å². The van der Waals surface area contributed by atoms with Crippen molar-refractivity contribution in [2.75, 3.05) is 39.4 Å². The summed E-state index contributed by atoms with van der Waals surface area (Å²) in [5.74, 6) is 1.84. The predicted octanol–water partition coefficient (Wildman–Crippen LogP) is 3.56. The Hall–Kier alpha value is -0.820. The molecule has 136 valence electrons. The van der Waals surface area contributed by atoms with Gasteiger partial charge in [-0.1, -0.05) is 30.3 Å². The Balaban J connectivity index is 0.00000288. The van der Waals surface area contributed by atoms with Gasteiger partial charge in [0.2, 0.25) is 0 Å². The zero-order valence-corrected chi connectivity index (χ0v) is 17.4. The summed E-state index contributed by atoms with van der Waals surface area (Å²) in [5.41, 5.74) is 1.46. The zero-order chi connectivity index (χ0) is 16.3. The molecule has 1 aromatic rings. The molecule has 0 spiro atoms. The van der Waals surface area contributed by atoms with Gasteiger partial charge in [0, 0.05) is 26.2 Å². The molecule has 1 N–H and O–H groups in total. The van der Waals surface area contributed by atoms with E-state index in [0.717, 1.165) is 44.7 Å². The average molecular weight is 445 g/mol. The number of halogens is 1. The maximum Gasteiger partial charge on any atom is 0.193 e. The van der Waals surface area contributed by atoms with Crippen molar-refractivity contribution in [3.8, 4) is 0 Å². The van der Waals surface area contributed by atoms with Gasteiger partial charge in [-0.3, -0.25) is 4.99 Å². The van der Waals surface area contributed by atoms with E-state index in [4.69, 9.17) is 9.73 Å². The molecule has 1 saturated heterocycles. The third kappa shape index (κ3) is 7.38. The highest BCUT2D eigenvalue weighted by atomic mass is 127. The summed E-state index contributed by atoms with van der Waals surface area (Å²) in [6.07, 6.45) is 3.68. The van der Waals surface area contributed by atoms with Crippen molar-refractivity contribution in [1.82, 2.24) is 10.2 Å². The Morgan fingerprint density at radius 1 is 1.21 bits per heavy atom. The van der Waals surface area contributed by atoms with E-state index in [1.54, 1.807) is 0 Å². The van der Waals surface area contributed by atoms with Gasteiger partial charge < -0.3 is 15.0 Å². The van der Waals surface area contributed by atoms with Crippen molar-refractivity contribution in [3.05, 3.63) is 35.9 Å². The number of benzene rings is 1. The normalized spacial score (nSPS) is 15.9. The molecule has 24 heavy (non-hydrogen) atoms. The summed E-state index contributed by atoms with van der Waals surface area (Å²) < 4.78 is 5.38. The third-order valence-electron chi connectivity index (χ3n) is 4.32. The van der Waals surface area contributed by atoms with Crippen molar-refractivity contribution in [2.45, 2.75) is 33.1 Å². The zero-order valence-electron chi connectivity index (χ0n) is 15.0. The van der Waals surface area contributed by atoms with E-state index in [2.05, 4.69) is 47.5 Å². The number of hydrogen-bond acceptors (Lipinski definition) is 2. The topological polar surface area (TPSA) is 36.9 Å². The monoisotopic (exact) mass is 445 g/mol. The lowest BCUT2D eigenvalue weighted by atomic mass is 9.90. The van der Waals surface area contributed by atoms with Crippen molar-refractivity contribution in [2.24, 2.45) is 10.9 Å². The molecule has 0 bridgehead atoms. The molecule has 0 saturated carbocycles. The van der Waals surface area contributed by atoms with Gasteiger partial charge in [0.15, 0.2) is 5.96 Å². The molecule has 1 aliphatic heterocycles. The minimum Gasteiger partial charge on any atom is -0.380 e. The first-order valence-electron chi connectivity index (χ1n) is 8.98. The van der Waals surface area contributed by atoms with Crippen LogP contribution in [0.4, 0.5) is 0 Å². The summed E-state index contributed by atoms with van der Waals surface area (Å²) in [5, 5.41) is 3.41. The van der Waals surface area contributed by atoms with Crippen LogP contribution in [0, 0.1) is 5.92 Å². The lowest BCUT2D eigenvalue weighted by Gasteiger charge is -2.34. The van der Waals surface area contributed by atoms with Crippen molar-refractivity contribution < 1.29 is 4.74 Å².